The number of hydrogen-bond donors (Lipinski definition) is 0. The zero-order valence-electron chi connectivity index (χ0n) is 15.6. The van der Waals surface area contributed by atoms with Crippen LogP contribution in [0, 0.1) is 0 Å². The van der Waals surface area contributed by atoms with Crippen LogP contribution < -0.4 is 9.19 Å². The number of benzene rings is 3. The van der Waals surface area contributed by atoms with E-state index in [0.29, 0.717) is 36.4 Å². The van der Waals surface area contributed by atoms with Crippen molar-refractivity contribution in [2.24, 2.45) is 0 Å². The molecule has 3 aromatic carbocycles. The fourth-order valence-electron chi connectivity index (χ4n) is 3.60. The van der Waals surface area contributed by atoms with Gasteiger partial charge in [0.2, 0.25) is 0 Å². The van der Waals surface area contributed by atoms with Gasteiger partial charge < -0.3 is 4.52 Å². The Kier molecular flexibility index (Phi) is 6.60. The van der Waals surface area contributed by atoms with Crippen LogP contribution in [0.1, 0.15) is 5.56 Å². The maximum Gasteiger partial charge on any atom is 0.279 e. The van der Waals surface area contributed by atoms with E-state index >= 15 is 0 Å². The van der Waals surface area contributed by atoms with Gasteiger partial charge in [-0.1, -0.05) is 41.9 Å². The maximum absolute atomic E-state index is 6.62. The van der Waals surface area contributed by atoms with Gasteiger partial charge in [0, 0.05) is 41.1 Å². The zero-order valence-corrected chi connectivity index (χ0v) is 19.6. The van der Waals surface area contributed by atoms with E-state index in [1.807, 2.05) is 42.5 Å². The van der Waals surface area contributed by atoms with Crippen molar-refractivity contribution in [2.45, 2.75) is 6.54 Å². The van der Waals surface area contributed by atoms with Crippen LogP contribution in [-0.2, 0) is 18.4 Å². The molecule has 0 fully saturated rings. The molecule has 0 saturated heterocycles. The number of fused-ring (bicyclic) bond motifs is 3. The van der Waals surface area contributed by atoms with E-state index in [1.54, 1.807) is 0 Å². The van der Waals surface area contributed by atoms with Crippen molar-refractivity contribution >= 4 is 69.6 Å². The highest BCUT2D eigenvalue weighted by atomic mass is 35.5. The molecular weight excluding hydrogens is 466 g/mol. The van der Waals surface area contributed by atoms with Crippen LogP contribution in [0.15, 0.2) is 60.7 Å². The van der Waals surface area contributed by atoms with Crippen molar-refractivity contribution in [1.82, 2.24) is 4.67 Å². The average molecular weight is 486 g/mol. The van der Waals surface area contributed by atoms with E-state index in [-0.39, 0.29) is 0 Å². The smallest absolute Gasteiger partial charge is 0.279 e. The maximum atomic E-state index is 6.62. The highest BCUT2D eigenvalue weighted by Crippen LogP contribution is 2.61. The standard InChI is InChI=1S/C21H20Cl3N2OPS/c22-11-13-25(14-12-23)28(29)26(18-8-6-17(24)7-9-18)15-20-19-4-2-1-3-16(19)5-10-21(20)27-28/h1-10H,11-15H2. The van der Waals surface area contributed by atoms with Gasteiger partial charge >= 0.3 is 0 Å². The van der Waals surface area contributed by atoms with Crippen molar-refractivity contribution < 1.29 is 4.52 Å². The van der Waals surface area contributed by atoms with Gasteiger partial charge in [-0.05, 0) is 52.9 Å². The second-order valence-corrected chi connectivity index (χ2v) is 11.5. The molecule has 8 heteroatoms. The van der Waals surface area contributed by atoms with Crippen molar-refractivity contribution in [3.05, 3.63) is 71.2 Å². The van der Waals surface area contributed by atoms with Gasteiger partial charge in [-0.25, -0.2) is 4.67 Å². The molecule has 0 aromatic heterocycles. The summed E-state index contributed by atoms with van der Waals surface area (Å²) in [6, 6.07) is 20.2. The minimum Gasteiger partial charge on any atom is -0.437 e. The Hall–Kier alpha value is -1.00. The molecule has 3 nitrogen and oxygen atoms in total. The Morgan fingerprint density at radius 1 is 0.966 bits per heavy atom. The van der Waals surface area contributed by atoms with Crippen LogP contribution in [0.25, 0.3) is 10.8 Å². The Balaban J connectivity index is 1.87. The first kappa shape index (κ1) is 21.2. The molecule has 29 heavy (non-hydrogen) atoms. The summed E-state index contributed by atoms with van der Waals surface area (Å²) in [5.74, 6) is 1.75. The second-order valence-electron chi connectivity index (χ2n) is 6.71. The molecule has 1 atom stereocenters. The highest BCUT2D eigenvalue weighted by molar-refractivity contribution is 8.12. The van der Waals surface area contributed by atoms with Gasteiger partial charge in [0.1, 0.15) is 5.75 Å². The molecule has 3 aromatic rings. The normalized spacial score (nSPS) is 18.7. The Morgan fingerprint density at radius 3 is 2.34 bits per heavy atom. The molecule has 1 heterocycles. The predicted molar refractivity (Wildman–Crippen MR) is 130 cm³/mol. The van der Waals surface area contributed by atoms with Crippen LogP contribution in [0.4, 0.5) is 5.69 Å². The molecule has 0 bridgehead atoms. The van der Waals surface area contributed by atoms with E-state index < -0.39 is 6.57 Å². The topological polar surface area (TPSA) is 15.7 Å². The molecule has 4 rings (SSSR count). The van der Waals surface area contributed by atoms with Gasteiger partial charge in [-0.2, -0.15) is 0 Å². The van der Waals surface area contributed by atoms with E-state index in [0.717, 1.165) is 17.0 Å². The third-order valence-electron chi connectivity index (χ3n) is 5.00. The van der Waals surface area contributed by atoms with Crippen LogP contribution in [0.3, 0.4) is 0 Å². The number of hydrogen-bond acceptors (Lipinski definition) is 2. The monoisotopic (exact) mass is 484 g/mol. The molecule has 0 spiro atoms. The molecule has 0 N–H and O–H groups in total. The average Bonchev–Trinajstić information content (AvgIpc) is 2.73. The lowest BCUT2D eigenvalue weighted by Crippen LogP contribution is -2.38. The number of anilines is 1. The fourth-order valence-corrected chi connectivity index (χ4v) is 7.96. The first-order chi connectivity index (χ1) is 14.1. The molecule has 152 valence electrons. The molecule has 0 aliphatic carbocycles. The van der Waals surface area contributed by atoms with Crippen LogP contribution in [-0.4, -0.2) is 29.5 Å². The Bertz CT molecular complexity index is 1060. The number of nitrogens with zero attached hydrogens (tertiary/aromatic N) is 2. The minimum absolute atomic E-state index is 0.456. The summed E-state index contributed by atoms with van der Waals surface area (Å²) < 4.78 is 10.9. The fraction of sp³-hybridized carbons (Fsp3) is 0.238. The second kappa shape index (κ2) is 9.01. The Morgan fingerprint density at radius 2 is 1.66 bits per heavy atom. The van der Waals surface area contributed by atoms with E-state index in [1.165, 1.54) is 10.8 Å². The van der Waals surface area contributed by atoms with Gasteiger partial charge in [0.15, 0.2) is 0 Å². The van der Waals surface area contributed by atoms with Crippen LogP contribution >= 0.6 is 41.4 Å². The summed E-state index contributed by atoms with van der Waals surface area (Å²) in [6.45, 7) is -0.757. The summed E-state index contributed by atoms with van der Waals surface area (Å²) >= 11 is 24.6. The quantitative estimate of drug-likeness (QED) is 0.279. The third-order valence-corrected chi connectivity index (χ3v) is 9.62. The summed E-state index contributed by atoms with van der Waals surface area (Å²) in [4.78, 5) is 0. The van der Waals surface area contributed by atoms with Gasteiger partial charge in [0.25, 0.3) is 6.57 Å². The molecule has 0 saturated carbocycles. The first-order valence-electron chi connectivity index (χ1n) is 9.28. The zero-order chi connectivity index (χ0) is 20.4. The van der Waals surface area contributed by atoms with Gasteiger partial charge in [0.05, 0.1) is 6.54 Å². The third kappa shape index (κ3) is 4.12. The minimum atomic E-state index is -2.63. The van der Waals surface area contributed by atoms with Crippen molar-refractivity contribution in [1.29, 1.82) is 0 Å². The largest absolute Gasteiger partial charge is 0.437 e. The summed E-state index contributed by atoms with van der Waals surface area (Å²) in [5.41, 5.74) is 2.11. The predicted octanol–water partition coefficient (Wildman–Crippen LogP) is 6.90. The van der Waals surface area contributed by atoms with Crippen LogP contribution in [0.2, 0.25) is 5.02 Å². The Labute approximate surface area is 191 Å². The van der Waals surface area contributed by atoms with Crippen LogP contribution in [0.5, 0.6) is 5.75 Å². The molecule has 1 aliphatic rings. The SMILES string of the molecule is S=P1(N(CCCl)CCCl)Oc2ccc3ccccc3c2CN1c1ccc(Cl)cc1. The summed E-state index contributed by atoms with van der Waals surface area (Å²) in [7, 11) is 0. The first-order valence-corrected chi connectivity index (χ1v) is 13.4. The molecular formula is C21H20Cl3N2OPS. The lowest BCUT2D eigenvalue weighted by Gasteiger charge is -2.46. The van der Waals surface area contributed by atoms with E-state index in [2.05, 4.69) is 27.5 Å². The van der Waals surface area contributed by atoms with Gasteiger partial charge in [-0.15, -0.1) is 23.2 Å². The highest BCUT2D eigenvalue weighted by Gasteiger charge is 2.40. The van der Waals surface area contributed by atoms with E-state index in [4.69, 9.17) is 51.1 Å². The lowest BCUT2D eigenvalue weighted by atomic mass is 10.0. The molecule has 1 aliphatic heterocycles. The lowest BCUT2D eigenvalue weighted by molar-refractivity contribution is 0.433. The number of rotatable bonds is 6. The van der Waals surface area contributed by atoms with E-state index in [9.17, 15) is 0 Å². The summed E-state index contributed by atoms with van der Waals surface area (Å²) in [6.07, 6.45) is 0. The van der Waals surface area contributed by atoms with Gasteiger partial charge in [-0.3, -0.25) is 4.67 Å². The van der Waals surface area contributed by atoms with Crippen molar-refractivity contribution in [3.8, 4) is 5.75 Å². The number of halogens is 3. The van der Waals surface area contributed by atoms with Crippen molar-refractivity contribution in [2.75, 3.05) is 29.5 Å². The molecule has 1 unspecified atom stereocenters. The van der Waals surface area contributed by atoms with Crippen molar-refractivity contribution in [3.63, 3.8) is 0 Å². The summed E-state index contributed by atoms with van der Waals surface area (Å²) in [5, 5.41) is 3.04. The number of alkyl halides is 2. The molecule has 0 amide bonds. The molecule has 0 radical (unpaired) electrons.